The van der Waals surface area contributed by atoms with Crippen molar-refractivity contribution in [1.82, 2.24) is 0 Å². The van der Waals surface area contributed by atoms with Crippen LogP contribution < -0.4 is 5.73 Å². The number of aryl methyl sites for hydroxylation is 2. The second-order valence-electron chi connectivity index (χ2n) is 4.78. The predicted molar refractivity (Wildman–Crippen MR) is 60.7 cm³/mol. The number of nitrogens with two attached hydrogens (primary N) is 1. The lowest BCUT2D eigenvalue weighted by molar-refractivity contribution is 0.259. The lowest BCUT2D eigenvalue weighted by atomic mass is 9.76. The summed E-state index contributed by atoms with van der Waals surface area (Å²) in [5.74, 6) is 0. The molecule has 0 amide bonds. The van der Waals surface area contributed by atoms with Gasteiger partial charge in [-0.3, -0.25) is 0 Å². The first kappa shape index (κ1) is 8.93. The van der Waals surface area contributed by atoms with Crippen molar-refractivity contribution in [2.24, 2.45) is 5.73 Å². The average molecular weight is 207 g/mol. The molecule has 2 aliphatic carbocycles. The second-order valence-corrected chi connectivity index (χ2v) is 5.91. The van der Waals surface area contributed by atoms with Crippen molar-refractivity contribution in [3.8, 4) is 0 Å². The molecule has 1 aromatic rings. The first-order chi connectivity index (χ1) is 6.78. The van der Waals surface area contributed by atoms with Gasteiger partial charge in [0.25, 0.3) is 0 Å². The van der Waals surface area contributed by atoms with Crippen molar-refractivity contribution in [2.45, 2.75) is 50.5 Å². The van der Waals surface area contributed by atoms with E-state index in [-0.39, 0.29) is 5.54 Å². The van der Waals surface area contributed by atoms with Gasteiger partial charge >= 0.3 is 0 Å². The lowest BCUT2D eigenvalue weighted by Gasteiger charge is -2.37. The van der Waals surface area contributed by atoms with E-state index in [1.807, 2.05) is 11.3 Å². The van der Waals surface area contributed by atoms with Gasteiger partial charge in [-0.1, -0.05) is 0 Å². The van der Waals surface area contributed by atoms with Gasteiger partial charge in [-0.2, -0.15) is 0 Å². The van der Waals surface area contributed by atoms with Crippen LogP contribution in [-0.4, -0.2) is 0 Å². The van der Waals surface area contributed by atoms with Crippen molar-refractivity contribution in [1.29, 1.82) is 0 Å². The standard InChI is InChI=1S/C12H17NS/c13-12(6-3-7-12)11-8-9-4-1-2-5-10(9)14-11/h8H,1-7,13H2. The highest BCUT2D eigenvalue weighted by Gasteiger charge is 2.36. The van der Waals surface area contributed by atoms with E-state index in [9.17, 15) is 0 Å². The van der Waals surface area contributed by atoms with E-state index in [1.54, 1.807) is 10.4 Å². The second kappa shape index (κ2) is 3.07. The van der Waals surface area contributed by atoms with E-state index in [1.165, 1.54) is 49.8 Å². The molecule has 0 atom stereocenters. The molecular weight excluding hydrogens is 190 g/mol. The fourth-order valence-corrected chi connectivity index (χ4v) is 3.95. The number of rotatable bonds is 1. The largest absolute Gasteiger partial charge is 0.321 e. The van der Waals surface area contributed by atoms with Crippen LogP contribution in [0.25, 0.3) is 0 Å². The minimum Gasteiger partial charge on any atom is -0.321 e. The predicted octanol–water partition coefficient (Wildman–Crippen LogP) is 2.96. The highest BCUT2D eigenvalue weighted by molar-refractivity contribution is 7.12. The van der Waals surface area contributed by atoms with E-state index < -0.39 is 0 Å². The molecule has 0 unspecified atom stereocenters. The van der Waals surface area contributed by atoms with Crippen LogP contribution in [0, 0.1) is 0 Å². The van der Waals surface area contributed by atoms with Gasteiger partial charge in [-0.25, -0.2) is 0 Å². The average Bonchev–Trinajstić information content (AvgIpc) is 2.57. The van der Waals surface area contributed by atoms with E-state index in [2.05, 4.69) is 6.07 Å². The summed E-state index contributed by atoms with van der Waals surface area (Å²) in [6.07, 6.45) is 9.07. The molecule has 2 heteroatoms. The van der Waals surface area contributed by atoms with Crippen molar-refractivity contribution < 1.29 is 0 Å². The molecule has 1 aromatic heterocycles. The molecule has 2 N–H and O–H groups in total. The van der Waals surface area contributed by atoms with Crippen LogP contribution in [0.1, 0.15) is 47.4 Å². The highest BCUT2D eigenvalue weighted by Crippen LogP contribution is 2.44. The Kier molecular flexibility index (Phi) is 1.96. The first-order valence-electron chi connectivity index (χ1n) is 5.69. The number of fused-ring (bicyclic) bond motifs is 1. The smallest absolute Gasteiger partial charge is 0.0504 e. The van der Waals surface area contributed by atoms with Crippen LogP contribution >= 0.6 is 11.3 Å². The summed E-state index contributed by atoms with van der Waals surface area (Å²) < 4.78 is 0. The third kappa shape index (κ3) is 1.24. The molecule has 3 rings (SSSR count). The summed E-state index contributed by atoms with van der Waals surface area (Å²) in [6.45, 7) is 0. The van der Waals surface area contributed by atoms with Gasteiger partial charge in [0.15, 0.2) is 0 Å². The summed E-state index contributed by atoms with van der Waals surface area (Å²) in [6, 6.07) is 2.40. The van der Waals surface area contributed by atoms with Crippen LogP contribution in [0.2, 0.25) is 0 Å². The first-order valence-corrected chi connectivity index (χ1v) is 6.50. The van der Waals surface area contributed by atoms with Gasteiger partial charge in [0.1, 0.15) is 0 Å². The van der Waals surface area contributed by atoms with Gasteiger partial charge in [-0.05, 0) is 56.6 Å². The summed E-state index contributed by atoms with van der Waals surface area (Å²) in [5.41, 5.74) is 8.02. The summed E-state index contributed by atoms with van der Waals surface area (Å²) >= 11 is 1.99. The molecule has 1 heterocycles. The molecule has 0 radical (unpaired) electrons. The third-order valence-corrected chi connectivity index (χ3v) is 5.19. The number of thiophene rings is 1. The van der Waals surface area contributed by atoms with Gasteiger partial charge in [-0.15, -0.1) is 11.3 Å². The Hall–Kier alpha value is -0.340. The van der Waals surface area contributed by atoms with Crippen LogP contribution in [0.5, 0.6) is 0 Å². The summed E-state index contributed by atoms with van der Waals surface area (Å²) in [7, 11) is 0. The lowest BCUT2D eigenvalue weighted by Crippen LogP contribution is -2.42. The minimum absolute atomic E-state index is 0.0714. The van der Waals surface area contributed by atoms with Crippen molar-refractivity contribution in [2.75, 3.05) is 0 Å². The monoisotopic (exact) mass is 207 g/mol. The van der Waals surface area contributed by atoms with Crippen molar-refractivity contribution in [3.05, 3.63) is 21.4 Å². The third-order valence-electron chi connectivity index (χ3n) is 3.73. The molecule has 0 aliphatic heterocycles. The molecule has 0 saturated heterocycles. The Labute approximate surface area is 89.3 Å². The molecule has 1 saturated carbocycles. The quantitative estimate of drug-likeness (QED) is 0.752. The highest BCUT2D eigenvalue weighted by atomic mass is 32.1. The van der Waals surface area contributed by atoms with Crippen molar-refractivity contribution in [3.63, 3.8) is 0 Å². The fraction of sp³-hybridized carbons (Fsp3) is 0.667. The van der Waals surface area contributed by atoms with E-state index in [0.29, 0.717) is 0 Å². The van der Waals surface area contributed by atoms with Crippen LogP contribution in [0.15, 0.2) is 6.07 Å². The molecule has 0 spiro atoms. The number of hydrogen-bond acceptors (Lipinski definition) is 2. The molecule has 1 nitrogen and oxygen atoms in total. The fourth-order valence-electron chi connectivity index (χ4n) is 2.54. The Morgan fingerprint density at radius 2 is 1.93 bits per heavy atom. The molecule has 0 aromatic carbocycles. The maximum absolute atomic E-state index is 6.35. The summed E-state index contributed by atoms with van der Waals surface area (Å²) in [5, 5.41) is 0. The number of hydrogen-bond donors (Lipinski definition) is 1. The molecule has 76 valence electrons. The van der Waals surface area contributed by atoms with Crippen LogP contribution in [0.3, 0.4) is 0 Å². The Bertz CT molecular complexity index is 326. The van der Waals surface area contributed by atoms with Gasteiger partial charge in [0, 0.05) is 9.75 Å². The topological polar surface area (TPSA) is 26.0 Å². The molecule has 0 bridgehead atoms. The molecule has 1 fully saturated rings. The SMILES string of the molecule is NC1(c2cc3c(s2)CCCC3)CCC1. The van der Waals surface area contributed by atoms with E-state index in [0.717, 1.165) is 0 Å². The summed E-state index contributed by atoms with van der Waals surface area (Å²) in [4.78, 5) is 3.10. The zero-order chi connectivity index (χ0) is 9.60. The molecule has 2 aliphatic rings. The Balaban J connectivity index is 1.95. The maximum atomic E-state index is 6.35. The normalized spacial score (nSPS) is 24.1. The van der Waals surface area contributed by atoms with E-state index in [4.69, 9.17) is 5.73 Å². The zero-order valence-electron chi connectivity index (χ0n) is 8.51. The van der Waals surface area contributed by atoms with Gasteiger partial charge < -0.3 is 5.73 Å². The Morgan fingerprint density at radius 3 is 2.57 bits per heavy atom. The molecule has 14 heavy (non-hydrogen) atoms. The van der Waals surface area contributed by atoms with Crippen molar-refractivity contribution >= 4 is 11.3 Å². The van der Waals surface area contributed by atoms with Gasteiger partial charge in [0.2, 0.25) is 0 Å². The van der Waals surface area contributed by atoms with Crippen LogP contribution in [-0.2, 0) is 18.4 Å². The maximum Gasteiger partial charge on any atom is 0.0504 e. The minimum atomic E-state index is 0.0714. The van der Waals surface area contributed by atoms with E-state index >= 15 is 0 Å². The molecular formula is C12H17NS. The van der Waals surface area contributed by atoms with Gasteiger partial charge in [0.05, 0.1) is 5.54 Å². The van der Waals surface area contributed by atoms with Crippen LogP contribution in [0.4, 0.5) is 0 Å². The Morgan fingerprint density at radius 1 is 1.14 bits per heavy atom. The zero-order valence-corrected chi connectivity index (χ0v) is 9.33.